The van der Waals surface area contributed by atoms with Crippen molar-refractivity contribution < 1.29 is 22.7 Å². The molecule has 0 saturated heterocycles. The van der Waals surface area contributed by atoms with Crippen molar-refractivity contribution >= 4 is 60.7 Å². The highest BCUT2D eigenvalue weighted by Gasteiger charge is 2.29. The Labute approximate surface area is 198 Å². The Morgan fingerprint density at radius 1 is 1.26 bits per heavy atom. The van der Waals surface area contributed by atoms with Crippen LogP contribution in [0.15, 0.2) is 29.3 Å². The Kier molecular flexibility index (Phi) is 5.90. The van der Waals surface area contributed by atoms with E-state index in [0.29, 0.717) is 25.1 Å². The fraction of sp³-hybridized carbons (Fsp3) is 0.333. The molecule has 0 radical (unpaired) electrons. The molecular weight excluding hydrogens is 491 g/mol. The summed E-state index contributed by atoms with van der Waals surface area (Å²) in [4.78, 5) is 36.7. The molecule has 1 amide bonds. The molecule has 3 aromatic heterocycles. The monoisotopic (exact) mass is 509 g/mol. The van der Waals surface area contributed by atoms with Crippen molar-refractivity contribution in [2.75, 3.05) is 11.9 Å². The summed E-state index contributed by atoms with van der Waals surface area (Å²) in [6.07, 6.45) is -3.59. The molecule has 0 saturated carbocycles. The Morgan fingerprint density at radius 2 is 2.12 bits per heavy atom. The molecule has 0 bridgehead atoms. The Bertz CT molecular complexity index is 1430. The minimum Gasteiger partial charge on any atom is -0.446 e. The highest BCUT2D eigenvalue weighted by atomic mass is 32.1. The van der Waals surface area contributed by atoms with E-state index in [1.165, 1.54) is 17.7 Å². The fourth-order valence-corrected chi connectivity index (χ4v) is 5.96. The van der Waals surface area contributed by atoms with E-state index in [1.807, 2.05) is 18.2 Å². The quantitative estimate of drug-likeness (QED) is 0.354. The van der Waals surface area contributed by atoms with Crippen LogP contribution in [0.3, 0.4) is 0 Å². The minimum atomic E-state index is -4.33. The maximum absolute atomic E-state index is 12.3. The second kappa shape index (κ2) is 8.87. The number of anilines is 2. The van der Waals surface area contributed by atoms with Gasteiger partial charge in [0.25, 0.3) is 0 Å². The third-order valence-electron chi connectivity index (χ3n) is 5.44. The van der Waals surface area contributed by atoms with Gasteiger partial charge in [-0.2, -0.15) is 13.2 Å². The first-order valence-corrected chi connectivity index (χ1v) is 12.0. The number of ether oxygens (including phenoxy) is 1. The van der Waals surface area contributed by atoms with Crippen molar-refractivity contribution in [3.8, 4) is 0 Å². The van der Waals surface area contributed by atoms with E-state index >= 15 is 0 Å². The molecule has 0 spiro atoms. The van der Waals surface area contributed by atoms with E-state index < -0.39 is 31.3 Å². The summed E-state index contributed by atoms with van der Waals surface area (Å²) in [5, 5.41) is 6.38. The Balaban J connectivity index is 1.31. The van der Waals surface area contributed by atoms with Crippen LogP contribution in [0.1, 0.15) is 23.3 Å². The number of rotatable bonds is 5. The van der Waals surface area contributed by atoms with E-state index in [9.17, 15) is 22.8 Å². The van der Waals surface area contributed by atoms with Crippen LogP contribution in [0.25, 0.3) is 20.4 Å². The predicted octanol–water partition coefficient (Wildman–Crippen LogP) is 4.87. The summed E-state index contributed by atoms with van der Waals surface area (Å²) in [6.45, 7) is -0.515. The summed E-state index contributed by atoms with van der Waals surface area (Å²) < 4.78 is 42.9. The standard InChI is InChI=1S/C21H18F3N5O3S2/c22-21(23,24)5-6-25-19(30)32-11-2-3-12-14(8-11)33-18-16(12)17(26-9-27-18)28-10-1-4-13-15(7-10)34-20(31)29-13/h1,4,7,9,11H,2-3,5-6,8H2,(H,25,30)(H,29,31)(H,26,27,28). The normalized spacial score (nSPS) is 15.9. The number of aromatic amines is 1. The van der Waals surface area contributed by atoms with Gasteiger partial charge in [0.2, 0.25) is 0 Å². The van der Waals surface area contributed by atoms with E-state index in [-0.39, 0.29) is 4.87 Å². The van der Waals surface area contributed by atoms with Gasteiger partial charge < -0.3 is 20.4 Å². The van der Waals surface area contributed by atoms with Gasteiger partial charge in [-0.1, -0.05) is 11.3 Å². The molecule has 8 nitrogen and oxygen atoms in total. The molecule has 1 atom stereocenters. The first-order chi connectivity index (χ1) is 16.2. The number of thiophene rings is 1. The van der Waals surface area contributed by atoms with Crippen molar-refractivity contribution in [3.05, 3.63) is 44.6 Å². The number of aryl methyl sites for hydroxylation is 1. The first-order valence-electron chi connectivity index (χ1n) is 10.4. The highest BCUT2D eigenvalue weighted by Crippen LogP contribution is 2.39. The van der Waals surface area contributed by atoms with Crippen molar-refractivity contribution in [2.24, 2.45) is 0 Å². The number of fused-ring (bicyclic) bond motifs is 4. The molecule has 3 N–H and O–H groups in total. The minimum absolute atomic E-state index is 0.116. The largest absolute Gasteiger partial charge is 0.446 e. The van der Waals surface area contributed by atoms with Gasteiger partial charge in [0.05, 0.1) is 22.0 Å². The van der Waals surface area contributed by atoms with E-state index in [0.717, 1.165) is 47.9 Å². The zero-order valence-electron chi connectivity index (χ0n) is 17.5. The number of carbonyl (C=O) groups is 1. The number of carbonyl (C=O) groups excluding carboxylic acids is 1. The molecule has 4 aromatic rings. The van der Waals surface area contributed by atoms with Crippen LogP contribution in [-0.2, 0) is 17.6 Å². The van der Waals surface area contributed by atoms with Crippen LogP contribution in [0.5, 0.6) is 0 Å². The number of alkyl halides is 3. The van der Waals surface area contributed by atoms with Crippen LogP contribution < -0.4 is 15.5 Å². The number of benzene rings is 1. The number of H-pyrrole nitrogens is 1. The maximum atomic E-state index is 12.3. The summed E-state index contributed by atoms with van der Waals surface area (Å²) >= 11 is 2.62. The van der Waals surface area contributed by atoms with Crippen LogP contribution in [0.4, 0.5) is 29.5 Å². The van der Waals surface area contributed by atoms with E-state index in [1.54, 1.807) is 0 Å². The number of hydrogen-bond acceptors (Lipinski definition) is 8. The zero-order valence-corrected chi connectivity index (χ0v) is 19.1. The molecule has 34 heavy (non-hydrogen) atoms. The number of amides is 1. The van der Waals surface area contributed by atoms with Gasteiger partial charge in [-0.05, 0) is 36.6 Å². The summed E-state index contributed by atoms with van der Waals surface area (Å²) in [5.41, 5.74) is 2.64. The van der Waals surface area contributed by atoms with Gasteiger partial charge in [-0.25, -0.2) is 14.8 Å². The number of nitrogens with one attached hydrogen (secondary N) is 3. The van der Waals surface area contributed by atoms with Crippen LogP contribution >= 0.6 is 22.7 Å². The van der Waals surface area contributed by atoms with Gasteiger partial charge in [-0.3, -0.25) is 4.79 Å². The van der Waals surface area contributed by atoms with E-state index in [2.05, 4.69) is 25.6 Å². The number of alkyl carbamates (subject to hydrolysis) is 1. The average molecular weight is 510 g/mol. The van der Waals surface area contributed by atoms with Gasteiger partial charge in [-0.15, -0.1) is 11.3 Å². The molecule has 178 valence electrons. The number of aromatic nitrogens is 3. The second-order valence-corrected chi connectivity index (χ2v) is 9.92. The zero-order chi connectivity index (χ0) is 23.9. The molecule has 13 heteroatoms. The number of thiazole rings is 1. The number of hydrogen-bond donors (Lipinski definition) is 3. The van der Waals surface area contributed by atoms with Crippen LogP contribution in [0, 0.1) is 0 Å². The van der Waals surface area contributed by atoms with Crippen molar-refractivity contribution in [1.29, 1.82) is 0 Å². The molecule has 3 heterocycles. The smallest absolute Gasteiger partial charge is 0.407 e. The molecule has 5 rings (SSSR count). The fourth-order valence-electron chi connectivity index (χ4n) is 3.93. The molecule has 0 fully saturated rings. The van der Waals surface area contributed by atoms with E-state index in [4.69, 9.17) is 4.74 Å². The highest BCUT2D eigenvalue weighted by molar-refractivity contribution is 7.19. The topological polar surface area (TPSA) is 109 Å². The van der Waals surface area contributed by atoms with Crippen molar-refractivity contribution in [1.82, 2.24) is 20.3 Å². The van der Waals surface area contributed by atoms with Crippen LogP contribution in [0.2, 0.25) is 0 Å². The summed E-state index contributed by atoms with van der Waals surface area (Å²) in [7, 11) is 0. The molecular formula is C21H18F3N5O3S2. The van der Waals surface area contributed by atoms with Crippen molar-refractivity contribution in [3.63, 3.8) is 0 Å². The lowest BCUT2D eigenvalue weighted by Gasteiger charge is -2.23. The van der Waals surface area contributed by atoms with Gasteiger partial charge in [0, 0.05) is 23.5 Å². The number of nitrogens with zero attached hydrogens (tertiary/aromatic N) is 2. The van der Waals surface area contributed by atoms with Crippen molar-refractivity contribution in [2.45, 2.75) is 38.0 Å². The number of halogens is 3. The van der Waals surface area contributed by atoms with Gasteiger partial charge in [0.15, 0.2) is 0 Å². The van der Waals surface area contributed by atoms with Gasteiger partial charge >= 0.3 is 17.1 Å². The maximum Gasteiger partial charge on any atom is 0.407 e. The Hall–Kier alpha value is -3.19. The SMILES string of the molecule is O=C(NCCC(F)(F)F)OC1CCc2c(sc3ncnc(Nc4ccc5[nH]c(=O)sc5c4)c23)C1. The summed E-state index contributed by atoms with van der Waals surface area (Å²) in [5.74, 6) is 0.647. The molecule has 1 aliphatic carbocycles. The Morgan fingerprint density at radius 3 is 2.94 bits per heavy atom. The predicted molar refractivity (Wildman–Crippen MR) is 124 cm³/mol. The lowest BCUT2D eigenvalue weighted by atomic mass is 9.94. The molecule has 1 aromatic carbocycles. The lowest BCUT2D eigenvalue weighted by molar-refractivity contribution is -0.133. The second-order valence-electron chi connectivity index (χ2n) is 7.82. The first kappa shape index (κ1) is 22.6. The third-order valence-corrected chi connectivity index (χ3v) is 7.44. The average Bonchev–Trinajstić information content (AvgIpc) is 3.31. The molecule has 1 aliphatic rings. The lowest BCUT2D eigenvalue weighted by Crippen LogP contribution is -2.33. The molecule has 1 unspecified atom stereocenters. The third kappa shape index (κ3) is 4.85. The molecule has 0 aliphatic heterocycles. The van der Waals surface area contributed by atoms with Gasteiger partial charge in [0.1, 0.15) is 23.1 Å². The van der Waals surface area contributed by atoms with Crippen LogP contribution in [-0.4, -0.2) is 39.9 Å². The summed E-state index contributed by atoms with van der Waals surface area (Å²) in [6, 6.07) is 5.57.